The van der Waals surface area contributed by atoms with E-state index in [0.717, 1.165) is 32.5 Å². The minimum atomic E-state index is -0.181. The van der Waals surface area contributed by atoms with Crippen LogP contribution in [0.2, 0.25) is 0 Å². The summed E-state index contributed by atoms with van der Waals surface area (Å²) in [6, 6.07) is 3.23. The molecule has 4 N–H and O–H groups in total. The van der Waals surface area contributed by atoms with Gasteiger partial charge in [0.25, 0.3) is 5.91 Å². The Bertz CT molecular complexity index is 427. The molecule has 110 valence electrons. The Morgan fingerprint density at radius 2 is 2.15 bits per heavy atom. The largest absolute Gasteiger partial charge is 0.350 e. The van der Waals surface area contributed by atoms with Crippen LogP contribution in [0.1, 0.15) is 30.3 Å². The summed E-state index contributed by atoms with van der Waals surface area (Å²) in [7, 11) is 0. The van der Waals surface area contributed by atoms with Gasteiger partial charge >= 0.3 is 0 Å². The molecule has 1 amide bonds. The summed E-state index contributed by atoms with van der Waals surface area (Å²) in [5, 5.41) is 10.5. The summed E-state index contributed by atoms with van der Waals surface area (Å²) in [5.41, 5.74) is 2.69. The zero-order chi connectivity index (χ0) is 14.4. The molecule has 0 saturated carbocycles. The third kappa shape index (κ3) is 3.88. The van der Waals surface area contributed by atoms with E-state index in [1.165, 1.54) is 0 Å². The summed E-state index contributed by atoms with van der Waals surface area (Å²) in [5.74, 6) is 6.01. The molecule has 1 aliphatic heterocycles. The second kappa shape index (κ2) is 7.16. The van der Waals surface area contributed by atoms with Crippen LogP contribution in [-0.2, 0) is 0 Å². The molecule has 0 aliphatic carbocycles. The number of hydrazine groups is 1. The number of piperidine rings is 1. The number of nitrogens with zero attached hydrogens (tertiary/aromatic N) is 3. The Hall–Kier alpha value is -1.73. The quantitative estimate of drug-likeness (QED) is 0.527. The summed E-state index contributed by atoms with van der Waals surface area (Å²) >= 11 is 0. The monoisotopic (exact) mass is 278 g/mol. The molecule has 0 unspecified atom stereocenters. The topological polar surface area (TPSA) is 96.2 Å². The van der Waals surface area contributed by atoms with E-state index >= 15 is 0 Å². The standard InChI is InChI=1S/C13H22N6O/c1-2-19-7-5-10(6-8-19)9-15-13(20)11-3-4-12(16-14)18-17-11/h3-4,10H,2,5-9,14H2,1H3,(H,15,20)(H,16,18). The van der Waals surface area contributed by atoms with Crippen molar-refractivity contribution in [3.05, 3.63) is 17.8 Å². The first-order valence-electron chi connectivity index (χ1n) is 7.03. The molecule has 1 saturated heterocycles. The van der Waals surface area contributed by atoms with Gasteiger partial charge in [-0.1, -0.05) is 6.92 Å². The van der Waals surface area contributed by atoms with Crippen LogP contribution in [0.5, 0.6) is 0 Å². The van der Waals surface area contributed by atoms with E-state index < -0.39 is 0 Å². The first kappa shape index (κ1) is 14.7. The third-order valence-electron chi connectivity index (χ3n) is 3.75. The van der Waals surface area contributed by atoms with Crippen molar-refractivity contribution in [2.24, 2.45) is 11.8 Å². The number of carbonyl (C=O) groups is 1. The van der Waals surface area contributed by atoms with E-state index in [2.05, 4.69) is 32.8 Å². The number of rotatable bonds is 5. The van der Waals surface area contributed by atoms with E-state index in [4.69, 9.17) is 5.84 Å². The van der Waals surface area contributed by atoms with Gasteiger partial charge in [0.05, 0.1) is 0 Å². The maximum Gasteiger partial charge on any atom is 0.271 e. The molecular formula is C13H22N6O. The minimum Gasteiger partial charge on any atom is -0.350 e. The second-order valence-corrected chi connectivity index (χ2v) is 5.04. The van der Waals surface area contributed by atoms with Crippen molar-refractivity contribution < 1.29 is 4.79 Å². The summed E-state index contributed by atoms with van der Waals surface area (Å²) < 4.78 is 0. The highest BCUT2D eigenvalue weighted by atomic mass is 16.1. The highest BCUT2D eigenvalue weighted by Crippen LogP contribution is 2.15. The molecule has 0 spiro atoms. The van der Waals surface area contributed by atoms with Gasteiger partial charge in [0.15, 0.2) is 11.5 Å². The van der Waals surface area contributed by atoms with Gasteiger partial charge in [0.1, 0.15) is 0 Å². The molecule has 0 atom stereocenters. The molecule has 1 aromatic rings. The van der Waals surface area contributed by atoms with Crippen LogP contribution in [0.15, 0.2) is 12.1 Å². The minimum absolute atomic E-state index is 0.181. The summed E-state index contributed by atoms with van der Waals surface area (Å²) in [6.45, 7) is 6.23. The summed E-state index contributed by atoms with van der Waals surface area (Å²) in [4.78, 5) is 14.4. The molecule has 1 fully saturated rings. The predicted octanol–water partition coefficient (Wildman–Crippen LogP) is 0.224. The van der Waals surface area contributed by atoms with Gasteiger partial charge in [-0.25, -0.2) is 5.84 Å². The molecule has 1 aliphatic rings. The third-order valence-corrected chi connectivity index (χ3v) is 3.75. The van der Waals surface area contributed by atoms with Crippen LogP contribution in [-0.4, -0.2) is 47.2 Å². The Morgan fingerprint density at radius 1 is 1.40 bits per heavy atom. The zero-order valence-corrected chi connectivity index (χ0v) is 11.8. The maximum atomic E-state index is 11.9. The van der Waals surface area contributed by atoms with Gasteiger partial charge in [-0.2, -0.15) is 0 Å². The Labute approximate surface area is 118 Å². The molecule has 20 heavy (non-hydrogen) atoms. The lowest BCUT2D eigenvalue weighted by molar-refractivity contribution is 0.0931. The number of hydrogen-bond acceptors (Lipinski definition) is 6. The van der Waals surface area contributed by atoms with Gasteiger partial charge in [0.2, 0.25) is 0 Å². The molecule has 2 rings (SSSR count). The van der Waals surface area contributed by atoms with Crippen molar-refractivity contribution in [2.45, 2.75) is 19.8 Å². The number of nitrogens with one attached hydrogen (secondary N) is 2. The zero-order valence-electron chi connectivity index (χ0n) is 11.8. The Morgan fingerprint density at radius 3 is 2.70 bits per heavy atom. The SMILES string of the molecule is CCN1CCC(CNC(=O)c2ccc(NN)nn2)CC1. The van der Waals surface area contributed by atoms with E-state index in [1.54, 1.807) is 12.1 Å². The van der Waals surface area contributed by atoms with Gasteiger partial charge in [-0.3, -0.25) is 4.79 Å². The van der Waals surface area contributed by atoms with E-state index in [1.807, 2.05) is 0 Å². The van der Waals surface area contributed by atoms with Crippen molar-refractivity contribution >= 4 is 11.7 Å². The number of amides is 1. The molecule has 7 heteroatoms. The average molecular weight is 278 g/mol. The fraction of sp³-hybridized carbons (Fsp3) is 0.615. The van der Waals surface area contributed by atoms with Crippen LogP contribution < -0.4 is 16.6 Å². The number of nitrogen functional groups attached to an aromatic ring is 1. The molecule has 0 bridgehead atoms. The average Bonchev–Trinajstić information content (AvgIpc) is 2.53. The van der Waals surface area contributed by atoms with E-state index in [-0.39, 0.29) is 5.91 Å². The fourth-order valence-corrected chi connectivity index (χ4v) is 2.36. The second-order valence-electron chi connectivity index (χ2n) is 5.04. The lowest BCUT2D eigenvalue weighted by Gasteiger charge is -2.30. The number of nitrogens with two attached hydrogens (primary N) is 1. The Balaban J connectivity index is 1.77. The van der Waals surface area contributed by atoms with Crippen LogP contribution >= 0.6 is 0 Å². The summed E-state index contributed by atoms with van der Waals surface area (Å²) in [6.07, 6.45) is 2.27. The molecule has 0 radical (unpaired) electrons. The number of anilines is 1. The van der Waals surface area contributed by atoms with Crippen molar-refractivity contribution in [1.82, 2.24) is 20.4 Å². The van der Waals surface area contributed by atoms with E-state index in [0.29, 0.717) is 24.0 Å². The smallest absolute Gasteiger partial charge is 0.271 e. The molecule has 7 nitrogen and oxygen atoms in total. The molecule has 1 aromatic heterocycles. The first-order valence-corrected chi connectivity index (χ1v) is 7.03. The van der Waals surface area contributed by atoms with Gasteiger partial charge in [-0.05, 0) is 50.5 Å². The van der Waals surface area contributed by atoms with E-state index in [9.17, 15) is 4.79 Å². The lowest BCUT2D eigenvalue weighted by atomic mass is 9.97. The van der Waals surface area contributed by atoms with Crippen LogP contribution in [0, 0.1) is 5.92 Å². The molecular weight excluding hydrogens is 256 g/mol. The maximum absolute atomic E-state index is 11.9. The van der Waals surface area contributed by atoms with Gasteiger partial charge < -0.3 is 15.6 Å². The molecule has 0 aromatic carbocycles. The van der Waals surface area contributed by atoms with Gasteiger partial charge in [-0.15, -0.1) is 10.2 Å². The van der Waals surface area contributed by atoms with Crippen LogP contribution in [0.3, 0.4) is 0 Å². The molecule has 2 heterocycles. The van der Waals surface area contributed by atoms with Crippen molar-refractivity contribution in [1.29, 1.82) is 0 Å². The predicted molar refractivity (Wildman–Crippen MR) is 77.0 cm³/mol. The highest BCUT2D eigenvalue weighted by molar-refractivity contribution is 5.92. The van der Waals surface area contributed by atoms with Crippen molar-refractivity contribution in [3.63, 3.8) is 0 Å². The number of hydrogen-bond donors (Lipinski definition) is 3. The fourth-order valence-electron chi connectivity index (χ4n) is 2.36. The normalized spacial score (nSPS) is 16.9. The first-order chi connectivity index (χ1) is 9.72. The number of likely N-dealkylation sites (tertiary alicyclic amines) is 1. The van der Waals surface area contributed by atoms with Crippen LogP contribution in [0.4, 0.5) is 5.82 Å². The number of carbonyl (C=O) groups excluding carboxylic acids is 1. The lowest BCUT2D eigenvalue weighted by Crippen LogP contribution is -2.38. The highest BCUT2D eigenvalue weighted by Gasteiger charge is 2.19. The van der Waals surface area contributed by atoms with Gasteiger partial charge in [0, 0.05) is 6.54 Å². The number of aromatic nitrogens is 2. The van der Waals surface area contributed by atoms with Crippen LogP contribution in [0.25, 0.3) is 0 Å². The Kier molecular flexibility index (Phi) is 5.25. The van der Waals surface area contributed by atoms with Crippen molar-refractivity contribution in [2.75, 3.05) is 31.6 Å². The van der Waals surface area contributed by atoms with Crippen molar-refractivity contribution in [3.8, 4) is 0 Å².